The Morgan fingerprint density at radius 2 is 2.04 bits per heavy atom. The zero-order valence-electron chi connectivity index (χ0n) is 13.8. The number of hydrogen-bond acceptors (Lipinski definition) is 4. The van der Waals surface area contributed by atoms with E-state index >= 15 is 0 Å². The third kappa shape index (κ3) is 4.98. The van der Waals surface area contributed by atoms with Crippen LogP contribution >= 0.6 is 0 Å². The second kappa shape index (κ2) is 8.17. The number of nitrogens with one attached hydrogen (secondary N) is 2. The van der Waals surface area contributed by atoms with Gasteiger partial charge in [-0.3, -0.25) is 9.78 Å². The Morgan fingerprint density at radius 3 is 2.78 bits per heavy atom. The van der Waals surface area contributed by atoms with E-state index in [0.717, 1.165) is 18.7 Å². The smallest absolute Gasteiger partial charge is 0.257 e. The number of aromatic nitrogens is 1. The van der Waals surface area contributed by atoms with Gasteiger partial charge in [0, 0.05) is 18.9 Å². The van der Waals surface area contributed by atoms with E-state index in [-0.39, 0.29) is 12.0 Å². The molecule has 1 amide bonds. The lowest BCUT2D eigenvalue weighted by atomic mass is 10.2. The van der Waals surface area contributed by atoms with Crippen LogP contribution in [0.4, 0.5) is 11.4 Å². The third-order valence-electron chi connectivity index (χ3n) is 3.08. The quantitative estimate of drug-likeness (QED) is 0.812. The molecule has 1 aromatic heterocycles. The second-order valence-electron chi connectivity index (χ2n) is 5.51. The monoisotopic (exact) mass is 313 g/mol. The number of rotatable bonds is 7. The van der Waals surface area contributed by atoms with Crippen LogP contribution in [0.1, 0.15) is 37.6 Å². The SMILES string of the molecule is CCCNc1cncc(C(=O)Nc2ccccc2OC(C)C)c1. The lowest BCUT2D eigenvalue weighted by Crippen LogP contribution is -2.15. The molecule has 0 atom stereocenters. The lowest BCUT2D eigenvalue weighted by Gasteiger charge is -2.15. The van der Waals surface area contributed by atoms with E-state index in [4.69, 9.17) is 4.74 Å². The number of para-hydroxylation sites is 2. The first-order chi connectivity index (χ1) is 11.1. The predicted octanol–water partition coefficient (Wildman–Crippen LogP) is 3.94. The number of nitrogens with zero attached hydrogens (tertiary/aromatic N) is 1. The number of benzene rings is 1. The summed E-state index contributed by atoms with van der Waals surface area (Å²) in [6.45, 7) is 6.83. The van der Waals surface area contributed by atoms with E-state index in [9.17, 15) is 4.79 Å². The molecule has 1 heterocycles. The topological polar surface area (TPSA) is 63.2 Å². The first-order valence-corrected chi connectivity index (χ1v) is 7.86. The van der Waals surface area contributed by atoms with Gasteiger partial charge in [0.15, 0.2) is 0 Å². The average molecular weight is 313 g/mol. The molecule has 122 valence electrons. The van der Waals surface area contributed by atoms with Crippen molar-refractivity contribution in [2.24, 2.45) is 0 Å². The first kappa shape index (κ1) is 16.8. The number of hydrogen-bond donors (Lipinski definition) is 2. The van der Waals surface area contributed by atoms with Crippen molar-refractivity contribution in [3.8, 4) is 5.75 Å². The van der Waals surface area contributed by atoms with Crippen LogP contribution in [-0.2, 0) is 0 Å². The number of amides is 1. The molecule has 2 N–H and O–H groups in total. The van der Waals surface area contributed by atoms with E-state index in [1.165, 1.54) is 0 Å². The summed E-state index contributed by atoms with van der Waals surface area (Å²) in [6.07, 6.45) is 4.31. The fraction of sp³-hybridized carbons (Fsp3) is 0.333. The molecule has 5 heteroatoms. The van der Waals surface area contributed by atoms with Gasteiger partial charge < -0.3 is 15.4 Å². The van der Waals surface area contributed by atoms with Gasteiger partial charge in [-0.05, 0) is 38.5 Å². The van der Waals surface area contributed by atoms with Crippen molar-refractivity contribution in [2.45, 2.75) is 33.3 Å². The van der Waals surface area contributed by atoms with Crippen molar-refractivity contribution in [3.05, 3.63) is 48.3 Å². The van der Waals surface area contributed by atoms with E-state index in [0.29, 0.717) is 17.0 Å². The molecule has 0 aliphatic heterocycles. The Labute approximate surface area is 137 Å². The van der Waals surface area contributed by atoms with Crippen molar-refractivity contribution in [1.29, 1.82) is 0 Å². The summed E-state index contributed by atoms with van der Waals surface area (Å²) < 4.78 is 5.72. The zero-order chi connectivity index (χ0) is 16.7. The van der Waals surface area contributed by atoms with Crippen molar-refractivity contribution in [2.75, 3.05) is 17.2 Å². The maximum absolute atomic E-state index is 12.4. The van der Waals surface area contributed by atoms with Gasteiger partial charge in [0.25, 0.3) is 5.91 Å². The van der Waals surface area contributed by atoms with Crippen LogP contribution in [0.25, 0.3) is 0 Å². The maximum atomic E-state index is 12.4. The lowest BCUT2D eigenvalue weighted by molar-refractivity contribution is 0.102. The molecule has 0 spiro atoms. The van der Waals surface area contributed by atoms with E-state index < -0.39 is 0 Å². The van der Waals surface area contributed by atoms with Crippen molar-refractivity contribution in [1.82, 2.24) is 4.98 Å². The van der Waals surface area contributed by atoms with E-state index in [2.05, 4.69) is 22.5 Å². The second-order valence-corrected chi connectivity index (χ2v) is 5.51. The standard InChI is InChI=1S/C18H23N3O2/c1-4-9-20-15-10-14(11-19-12-15)18(22)21-16-7-5-6-8-17(16)23-13(2)3/h5-8,10-13,20H,4,9H2,1-3H3,(H,21,22). The molecule has 0 bridgehead atoms. The normalized spacial score (nSPS) is 10.4. The number of carbonyl (C=O) groups excluding carboxylic acids is 1. The number of carbonyl (C=O) groups is 1. The van der Waals surface area contributed by atoms with E-state index in [1.807, 2.05) is 38.1 Å². The summed E-state index contributed by atoms with van der Waals surface area (Å²) in [5, 5.41) is 6.11. The number of ether oxygens (including phenoxy) is 1. The van der Waals surface area contributed by atoms with Crippen LogP contribution < -0.4 is 15.4 Å². The van der Waals surface area contributed by atoms with Crippen LogP contribution in [0.3, 0.4) is 0 Å². The van der Waals surface area contributed by atoms with Gasteiger partial charge in [0.2, 0.25) is 0 Å². The van der Waals surface area contributed by atoms with E-state index in [1.54, 1.807) is 18.5 Å². The highest BCUT2D eigenvalue weighted by Gasteiger charge is 2.11. The molecular formula is C18H23N3O2. The van der Waals surface area contributed by atoms with Gasteiger partial charge in [-0.1, -0.05) is 19.1 Å². The zero-order valence-corrected chi connectivity index (χ0v) is 13.8. The van der Waals surface area contributed by atoms with Crippen LogP contribution in [0.5, 0.6) is 5.75 Å². The molecule has 0 aliphatic carbocycles. The van der Waals surface area contributed by atoms with Gasteiger partial charge in [-0.15, -0.1) is 0 Å². The molecule has 0 unspecified atom stereocenters. The minimum atomic E-state index is -0.211. The fourth-order valence-corrected chi connectivity index (χ4v) is 2.05. The summed E-state index contributed by atoms with van der Waals surface area (Å²) >= 11 is 0. The highest BCUT2D eigenvalue weighted by Crippen LogP contribution is 2.25. The first-order valence-electron chi connectivity index (χ1n) is 7.86. The summed E-state index contributed by atoms with van der Waals surface area (Å²) in [5.74, 6) is 0.446. The predicted molar refractivity (Wildman–Crippen MR) is 93.2 cm³/mol. The van der Waals surface area contributed by atoms with Crippen LogP contribution in [0.2, 0.25) is 0 Å². The highest BCUT2D eigenvalue weighted by molar-refractivity contribution is 6.05. The molecule has 0 aliphatic rings. The molecular weight excluding hydrogens is 290 g/mol. The number of pyridine rings is 1. The Balaban J connectivity index is 2.13. The summed E-state index contributed by atoms with van der Waals surface area (Å²) in [4.78, 5) is 16.6. The summed E-state index contributed by atoms with van der Waals surface area (Å²) in [7, 11) is 0. The van der Waals surface area contributed by atoms with Crippen LogP contribution in [0, 0.1) is 0 Å². The largest absolute Gasteiger partial charge is 0.489 e. The number of anilines is 2. The Kier molecular flexibility index (Phi) is 5.97. The Hall–Kier alpha value is -2.56. The summed E-state index contributed by atoms with van der Waals surface area (Å²) in [5.41, 5.74) is 2.00. The average Bonchev–Trinajstić information content (AvgIpc) is 2.54. The fourth-order valence-electron chi connectivity index (χ4n) is 2.05. The van der Waals surface area contributed by atoms with Gasteiger partial charge >= 0.3 is 0 Å². The molecule has 0 saturated carbocycles. The third-order valence-corrected chi connectivity index (χ3v) is 3.08. The molecule has 0 fully saturated rings. The molecule has 2 rings (SSSR count). The van der Waals surface area contributed by atoms with Crippen molar-refractivity contribution in [3.63, 3.8) is 0 Å². The maximum Gasteiger partial charge on any atom is 0.257 e. The van der Waals surface area contributed by atoms with Gasteiger partial charge in [0.1, 0.15) is 5.75 Å². The molecule has 23 heavy (non-hydrogen) atoms. The van der Waals surface area contributed by atoms with Gasteiger partial charge in [-0.2, -0.15) is 0 Å². The van der Waals surface area contributed by atoms with Gasteiger partial charge in [0.05, 0.1) is 23.0 Å². The Bertz CT molecular complexity index is 656. The Morgan fingerprint density at radius 1 is 1.26 bits per heavy atom. The molecule has 1 aromatic carbocycles. The molecule has 0 saturated heterocycles. The molecule has 0 radical (unpaired) electrons. The van der Waals surface area contributed by atoms with Crippen LogP contribution in [-0.4, -0.2) is 23.5 Å². The molecule has 2 aromatic rings. The van der Waals surface area contributed by atoms with Crippen molar-refractivity contribution < 1.29 is 9.53 Å². The van der Waals surface area contributed by atoms with Crippen molar-refractivity contribution >= 4 is 17.3 Å². The van der Waals surface area contributed by atoms with Gasteiger partial charge in [-0.25, -0.2) is 0 Å². The molecule has 5 nitrogen and oxygen atoms in total. The minimum Gasteiger partial charge on any atom is -0.489 e. The summed E-state index contributed by atoms with van der Waals surface area (Å²) in [6, 6.07) is 9.20. The minimum absolute atomic E-state index is 0.0382. The van der Waals surface area contributed by atoms with Crippen LogP contribution in [0.15, 0.2) is 42.7 Å². The highest BCUT2D eigenvalue weighted by atomic mass is 16.5.